The monoisotopic (exact) mass is 394 g/mol. The number of hydrogen-bond donors (Lipinski definition) is 1. The van der Waals surface area contributed by atoms with Gasteiger partial charge in [0.2, 0.25) is 5.95 Å². The van der Waals surface area contributed by atoms with Crippen LogP contribution < -0.4 is 10.2 Å². The van der Waals surface area contributed by atoms with Gasteiger partial charge in [-0.15, -0.1) is 0 Å². The van der Waals surface area contributed by atoms with Gasteiger partial charge in [0.05, 0.1) is 0 Å². The zero-order valence-corrected chi connectivity index (χ0v) is 15.4. The summed E-state index contributed by atoms with van der Waals surface area (Å²) in [6.07, 6.45) is 2.86. The van der Waals surface area contributed by atoms with E-state index in [9.17, 15) is 0 Å². The molecule has 0 amide bonds. The molecule has 4 rings (SSSR count). The van der Waals surface area contributed by atoms with Gasteiger partial charge in [0.15, 0.2) is 0 Å². The van der Waals surface area contributed by atoms with E-state index in [1.54, 1.807) is 0 Å². The Morgan fingerprint density at radius 3 is 2.80 bits per heavy atom. The highest BCUT2D eigenvalue weighted by molar-refractivity contribution is 9.10. The third kappa shape index (κ3) is 3.82. The first-order valence-corrected chi connectivity index (χ1v) is 9.20. The van der Waals surface area contributed by atoms with Gasteiger partial charge < -0.3 is 10.2 Å². The van der Waals surface area contributed by atoms with Crippen LogP contribution in [0.25, 0.3) is 0 Å². The molecule has 25 heavy (non-hydrogen) atoms. The zero-order chi connectivity index (χ0) is 17.1. The van der Waals surface area contributed by atoms with Crippen molar-refractivity contribution in [3.05, 3.63) is 82.0 Å². The van der Waals surface area contributed by atoms with Crippen molar-refractivity contribution in [3.8, 4) is 0 Å². The molecule has 1 N–H and O–H groups in total. The minimum Gasteiger partial charge on any atom is -0.352 e. The van der Waals surface area contributed by atoms with Crippen molar-refractivity contribution in [1.29, 1.82) is 0 Å². The fourth-order valence-corrected chi connectivity index (χ4v) is 3.51. The van der Waals surface area contributed by atoms with Crippen molar-refractivity contribution in [2.45, 2.75) is 19.5 Å². The number of fused-ring (bicyclic) bond motifs is 1. The van der Waals surface area contributed by atoms with Gasteiger partial charge in [-0.25, -0.2) is 4.98 Å². The maximum atomic E-state index is 4.70. The highest BCUT2D eigenvalue weighted by Crippen LogP contribution is 2.26. The second kappa shape index (κ2) is 7.23. The van der Waals surface area contributed by atoms with Gasteiger partial charge in [0.25, 0.3) is 0 Å². The van der Waals surface area contributed by atoms with Gasteiger partial charge in [-0.3, -0.25) is 0 Å². The molecule has 0 spiro atoms. The van der Waals surface area contributed by atoms with E-state index in [1.165, 1.54) is 16.7 Å². The first kappa shape index (κ1) is 16.1. The lowest BCUT2D eigenvalue weighted by molar-refractivity contribution is 0.719. The molecule has 5 heteroatoms. The Labute approximate surface area is 156 Å². The highest BCUT2D eigenvalue weighted by Gasteiger charge is 2.18. The summed E-state index contributed by atoms with van der Waals surface area (Å²) in [6.45, 7) is 2.58. The number of nitrogens with zero attached hydrogens (tertiary/aromatic N) is 3. The third-order valence-electron chi connectivity index (χ3n) is 4.44. The number of halogens is 1. The number of nitrogens with one attached hydrogen (secondary N) is 1. The Bertz CT molecular complexity index is 867. The Hall–Kier alpha value is -2.40. The lowest BCUT2D eigenvalue weighted by Gasteiger charge is -2.30. The predicted octanol–water partition coefficient (Wildman–Crippen LogP) is 4.41. The molecule has 1 aromatic heterocycles. The van der Waals surface area contributed by atoms with Gasteiger partial charge in [0, 0.05) is 30.3 Å². The molecule has 0 saturated carbocycles. The van der Waals surface area contributed by atoms with Crippen LogP contribution in [0.5, 0.6) is 0 Å². The summed E-state index contributed by atoms with van der Waals surface area (Å²) in [7, 11) is 0. The van der Waals surface area contributed by atoms with Crippen molar-refractivity contribution in [1.82, 2.24) is 9.97 Å². The third-order valence-corrected chi connectivity index (χ3v) is 4.93. The number of hydrogen-bond acceptors (Lipinski definition) is 4. The Morgan fingerprint density at radius 1 is 1.04 bits per heavy atom. The first-order chi connectivity index (χ1) is 12.3. The van der Waals surface area contributed by atoms with E-state index in [1.807, 2.05) is 30.5 Å². The Morgan fingerprint density at radius 2 is 1.92 bits per heavy atom. The lowest BCUT2D eigenvalue weighted by Crippen LogP contribution is -2.31. The lowest BCUT2D eigenvalue weighted by atomic mass is 10.00. The Kier molecular flexibility index (Phi) is 4.65. The van der Waals surface area contributed by atoms with Crippen LogP contribution >= 0.6 is 15.9 Å². The van der Waals surface area contributed by atoms with Crippen LogP contribution in [0.2, 0.25) is 0 Å². The molecule has 2 heterocycles. The van der Waals surface area contributed by atoms with Gasteiger partial charge in [-0.1, -0.05) is 52.3 Å². The van der Waals surface area contributed by atoms with Crippen LogP contribution in [0.1, 0.15) is 16.7 Å². The number of benzene rings is 2. The second-order valence-corrected chi connectivity index (χ2v) is 7.08. The molecule has 0 aliphatic carbocycles. The quantitative estimate of drug-likeness (QED) is 0.711. The van der Waals surface area contributed by atoms with Crippen molar-refractivity contribution >= 4 is 27.7 Å². The maximum Gasteiger partial charge on any atom is 0.224 e. The average molecular weight is 395 g/mol. The smallest absolute Gasteiger partial charge is 0.224 e. The molecule has 1 aliphatic heterocycles. The van der Waals surface area contributed by atoms with E-state index in [4.69, 9.17) is 4.98 Å². The minimum atomic E-state index is 0.669. The molecule has 0 fully saturated rings. The van der Waals surface area contributed by atoms with Crippen LogP contribution in [-0.4, -0.2) is 16.5 Å². The van der Waals surface area contributed by atoms with Crippen molar-refractivity contribution in [2.24, 2.45) is 0 Å². The van der Waals surface area contributed by atoms with E-state index >= 15 is 0 Å². The molecule has 1 aliphatic rings. The molecule has 0 radical (unpaired) electrons. The topological polar surface area (TPSA) is 41.1 Å². The van der Waals surface area contributed by atoms with E-state index in [0.717, 1.165) is 36.3 Å². The fraction of sp³-hybridized carbons (Fsp3) is 0.200. The molecule has 2 aromatic carbocycles. The molecular formula is C20H19BrN4. The van der Waals surface area contributed by atoms with Crippen molar-refractivity contribution in [2.75, 3.05) is 16.8 Å². The molecular weight excluding hydrogens is 376 g/mol. The van der Waals surface area contributed by atoms with E-state index in [0.29, 0.717) is 5.95 Å². The molecule has 126 valence electrons. The molecule has 0 atom stereocenters. The van der Waals surface area contributed by atoms with Crippen LogP contribution in [-0.2, 0) is 19.5 Å². The van der Waals surface area contributed by atoms with Gasteiger partial charge in [-0.2, -0.15) is 4.98 Å². The van der Waals surface area contributed by atoms with Gasteiger partial charge >= 0.3 is 0 Å². The normalized spacial score (nSPS) is 13.4. The maximum absolute atomic E-state index is 4.70. The first-order valence-electron chi connectivity index (χ1n) is 8.41. The fourth-order valence-electron chi connectivity index (χ4n) is 3.10. The SMILES string of the molecule is Brc1ccc2c(c1)CCN(c1ccnc(NCc3ccccc3)n1)C2. The number of aromatic nitrogens is 2. The summed E-state index contributed by atoms with van der Waals surface area (Å²) in [6, 6.07) is 18.8. The summed E-state index contributed by atoms with van der Waals surface area (Å²) in [5.74, 6) is 1.64. The van der Waals surface area contributed by atoms with Crippen LogP contribution in [0.3, 0.4) is 0 Å². The molecule has 0 saturated heterocycles. The van der Waals surface area contributed by atoms with Crippen molar-refractivity contribution in [3.63, 3.8) is 0 Å². The van der Waals surface area contributed by atoms with E-state index in [-0.39, 0.29) is 0 Å². The molecule has 0 unspecified atom stereocenters. The summed E-state index contributed by atoms with van der Waals surface area (Å²) in [4.78, 5) is 11.4. The largest absolute Gasteiger partial charge is 0.352 e. The zero-order valence-electron chi connectivity index (χ0n) is 13.8. The van der Waals surface area contributed by atoms with E-state index < -0.39 is 0 Å². The summed E-state index contributed by atoms with van der Waals surface area (Å²) < 4.78 is 1.15. The number of rotatable bonds is 4. The van der Waals surface area contributed by atoms with Crippen LogP contribution in [0, 0.1) is 0 Å². The highest BCUT2D eigenvalue weighted by atomic mass is 79.9. The Balaban J connectivity index is 1.47. The van der Waals surface area contributed by atoms with Crippen molar-refractivity contribution < 1.29 is 0 Å². The minimum absolute atomic E-state index is 0.669. The van der Waals surface area contributed by atoms with Gasteiger partial charge in [0.1, 0.15) is 5.82 Å². The summed E-state index contributed by atoms with van der Waals surface area (Å²) in [5, 5.41) is 3.31. The van der Waals surface area contributed by atoms with E-state index in [2.05, 4.69) is 61.5 Å². The van der Waals surface area contributed by atoms with Crippen LogP contribution in [0.15, 0.2) is 65.3 Å². The standard InChI is InChI=1S/C20H19BrN4/c21-18-7-6-17-14-25(11-9-16(17)12-18)19-8-10-22-20(24-19)23-13-15-4-2-1-3-5-15/h1-8,10,12H,9,11,13-14H2,(H,22,23,24). The molecule has 3 aromatic rings. The average Bonchev–Trinajstić information content (AvgIpc) is 2.67. The predicted molar refractivity (Wildman–Crippen MR) is 105 cm³/mol. The summed E-state index contributed by atoms with van der Waals surface area (Å²) >= 11 is 3.55. The molecule has 4 nitrogen and oxygen atoms in total. The van der Waals surface area contributed by atoms with Crippen LogP contribution in [0.4, 0.5) is 11.8 Å². The number of anilines is 2. The second-order valence-electron chi connectivity index (χ2n) is 6.16. The molecule has 0 bridgehead atoms. The summed E-state index contributed by atoms with van der Waals surface area (Å²) in [5.41, 5.74) is 4.00. The van der Waals surface area contributed by atoms with Gasteiger partial charge in [-0.05, 0) is 41.3 Å².